The number of carbonyl (C=O) groups is 2. The first-order valence-electron chi connectivity index (χ1n) is 19.2. The molecule has 8 rings (SSSR count). The predicted octanol–water partition coefficient (Wildman–Crippen LogP) is 6.73. The lowest BCUT2D eigenvalue weighted by molar-refractivity contribution is 0.0972. The molecule has 4 heterocycles. The molecule has 0 saturated heterocycles. The number of aromatic nitrogens is 6. The molecular formula is C39H48N10O8. The maximum atomic E-state index is 11.8. The molecule has 302 valence electrons. The van der Waals surface area contributed by atoms with E-state index in [0.29, 0.717) is 28.3 Å². The Morgan fingerprint density at radius 1 is 0.737 bits per heavy atom. The van der Waals surface area contributed by atoms with E-state index >= 15 is 0 Å². The van der Waals surface area contributed by atoms with Crippen LogP contribution in [0.2, 0.25) is 0 Å². The van der Waals surface area contributed by atoms with Crippen molar-refractivity contribution in [2.75, 3.05) is 10.6 Å². The number of H-pyrrole nitrogens is 3. The third-order valence-corrected chi connectivity index (χ3v) is 9.96. The normalized spacial score (nSPS) is 19.1. The largest absolute Gasteiger partial charge is 0.446 e. The fraction of sp³-hybridized carbons (Fsp3) is 0.436. The second kappa shape index (κ2) is 16.7. The standard InChI is InChI=1S/C20H25N5O4.C19H23N5O4/c1-11(2)21-19(26)28-14-6-4-12(8-14)15-10-18(24-23-15)22-13-5-7-16-17(9-13)29-20(27)25(16)3;1-10(2)20-18(25)27-13-5-3-11(7-13)14-9-17(24-23-14)21-12-4-6-16-15(8-12)22-19(26)28-16/h5,7,9-12,14H,4,6,8H2,1-3H3,(H,21,26)(H2,22,23,24);4,6,8-11,13H,3,5,7H2,1-2H3,(H,20,25)(H,22,26)(H2,21,23,24)/t12-,14+;11-,13?/m00/s1. The Morgan fingerprint density at radius 3 is 1.84 bits per heavy atom. The molecule has 2 fully saturated rings. The summed E-state index contributed by atoms with van der Waals surface area (Å²) in [5.74, 6) is 1.03. The van der Waals surface area contributed by atoms with Crippen molar-refractivity contribution in [3.05, 3.63) is 81.0 Å². The number of benzene rings is 2. The number of amides is 2. The lowest BCUT2D eigenvalue weighted by Crippen LogP contribution is -2.33. The van der Waals surface area contributed by atoms with E-state index in [1.807, 2.05) is 58.0 Å². The minimum absolute atomic E-state index is 0.0593. The summed E-state index contributed by atoms with van der Waals surface area (Å²) in [6, 6.07) is 14.9. The first-order chi connectivity index (χ1) is 27.3. The molecule has 2 aliphatic carbocycles. The number of aryl methyl sites for hydroxylation is 1. The van der Waals surface area contributed by atoms with Gasteiger partial charge < -0.3 is 39.6 Å². The van der Waals surface area contributed by atoms with Gasteiger partial charge in [-0.3, -0.25) is 19.7 Å². The summed E-state index contributed by atoms with van der Waals surface area (Å²) in [4.78, 5) is 49.1. The van der Waals surface area contributed by atoms with Crippen LogP contribution in [0.15, 0.2) is 67.0 Å². The highest BCUT2D eigenvalue weighted by molar-refractivity contribution is 5.79. The molecule has 57 heavy (non-hydrogen) atoms. The third-order valence-electron chi connectivity index (χ3n) is 9.96. The van der Waals surface area contributed by atoms with Crippen molar-refractivity contribution < 1.29 is 27.9 Å². The van der Waals surface area contributed by atoms with Crippen LogP contribution < -0.4 is 32.8 Å². The topological polar surface area (TPSA) is 239 Å². The Labute approximate surface area is 326 Å². The van der Waals surface area contributed by atoms with Crippen molar-refractivity contribution in [1.29, 1.82) is 0 Å². The van der Waals surface area contributed by atoms with Crippen molar-refractivity contribution >= 4 is 57.4 Å². The molecule has 2 amide bonds. The highest BCUT2D eigenvalue weighted by Gasteiger charge is 2.31. The molecule has 2 aromatic carbocycles. The summed E-state index contributed by atoms with van der Waals surface area (Å²) < 4.78 is 22.7. The maximum Gasteiger partial charge on any atom is 0.419 e. The summed E-state index contributed by atoms with van der Waals surface area (Å²) in [6.45, 7) is 7.61. The van der Waals surface area contributed by atoms with Crippen molar-refractivity contribution in [3.8, 4) is 0 Å². The van der Waals surface area contributed by atoms with Crippen LogP contribution in [-0.4, -0.2) is 66.4 Å². The van der Waals surface area contributed by atoms with Gasteiger partial charge in [-0.25, -0.2) is 19.2 Å². The van der Waals surface area contributed by atoms with Crippen LogP contribution in [0.3, 0.4) is 0 Å². The van der Waals surface area contributed by atoms with Crippen LogP contribution in [0.5, 0.6) is 0 Å². The fourth-order valence-electron chi connectivity index (χ4n) is 7.26. The van der Waals surface area contributed by atoms with E-state index in [2.05, 4.69) is 46.6 Å². The summed E-state index contributed by atoms with van der Waals surface area (Å²) >= 11 is 0. The van der Waals surface area contributed by atoms with Crippen LogP contribution in [0.4, 0.5) is 32.6 Å². The number of rotatable bonds is 10. The Morgan fingerprint density at radius 2 is 1.28 bits per heavy atom. The average molecular weight is 785 g/mol. The number of oxazole rings is 2. The molecule has 0 radical (unpaired) electrons. The number of carbonyl (C=O) groups excluding carboxylic acids is 2. The molecule has 18 nitrogen and oxygen atoms in total. The SMILES string of the molecule is CC(C)NC(=O)OC1CC[C@H](c2cc(Nc3ccc4oc(=O)[nH]c4c3)n[nH]2)C1.CC(C)NC(=O)O[C@@H]1CC[C@H](c2cc(Nc3ccc4c(c3)oc(=O)n4C)n[nH]2)C1. The van der Waals surface area contributed by atoms with Crippen molar-refractivity contribution in [2.45, 2.75) is 102 Å². The molecule has 2 saturated carbocycles. The van der Waals surface area contributed by atoms with Gasteiger partial charge in [0.25, 0.3) is 0 Å². The van der Waals surface area contributed by atoms with Gasteiger partial charge in [-0.2, -0.15) is 10.2 Å². The maximum absolute atomic E-state index is 11.8. The Kier molecular flexibility index (Phi) is 11.4. The fourth-order valence-corrected chi connectivity index (χ4v) is 7.26. The second-order valence-corrected chi connectivity index (χ2v) is 15.2. The lowest BCUT2D eigenvalue weighted by Gasteiger charge is -2.14. The van der Waals surface area contributed by atoms with Crippen molar-refractivity contribution in [3.63, 3.8) is 0 Å². The van der Waals surface area contributed by atoms with Crippen molar-refractivity contribution in [1.82, 2.24) is 40.6 Å². The van der Waals surface area contributed by atoms with Crippen molar-refractivity contribution in [2.24, 2.45) is 7.05 Å². The molecule has 4 atom stereocenters. The minimum atomic E-state index is -0.478. The lowest BCUT2D eigenvalue weighted by atomic mass is 10.0. The highest BCUT2D eigenvalue weighted by Crippen LogP contribution is 2.37. The number of alkyl carbamates (subject to hydrolysis) is 2. The molecule has 0 bridgehead atoms. The predicted molar refractivity (Wildman–Crippen MR) is 212 cm³/mol. The molecule has 1 unspecified atom stereocenters. The van der Waals surface area contributed by atoms with E-state index in [0.717, 1.165) is 66.8 Å². The second-order valence-electron chi connectivity index (χ2n) is 15.2. The molecule has 6 aromatic rings. The van der Waals surface area contributed by atoms with Crippen LogP contribution in [0.25, 0.3) is 22.2 Å². The molecule has 0 spiro atoms. The Bertz CT molecular complexity index is 2450. The smallest absolute Gasteiger partial charge is 0.419 e. The summed E-state index contributed by atoms with van der Waals surface area (Å²) in [5.41, 5.74) is 5.99. The quantitative estimate of drug-likeness (QED) is 0.0766. The zero-order valence-electron chi connectivity index (χ0n) is 32.4. The number of ether oxygens (including phenoxy) is 2. The van der Waals surface area contributed by atoms with E-state index < -0.39 is 5.76 Å². The van der Waals surface area contributed by atoms with Gasteiger partial charge in [0.1, 0.15) is 12.2 Å². The number of hydrogen-bond acceptors (Lipinski definition) is 12. The summed E-state index contributed by atoms with van der Waals surface area (Å²) in [7, 11) is 1.67. The summed E-state index contributed by atoms with van der Waals surface area (Å²) in [6.07, 6.45) is 4.20. The van der Waals surface area contributed by atoms with Crippen LogP contribution in [0, 0.1) is 0 Å². The van der Waals surface area contributed by atoms with Gasteiger partial charge in [0.2, 0.25) is 0 Å². The summed E-state index contributed by atoms with van der Waals surface area (Å²) in [5, 5.41) is 26.7. The van der Waals surface area contributed by atoms with E-state index in [9.17, 15) is 19.2 Å². The average Bonchev–Trinajstić information content (AvgIpc) is 4.00. The minimum Gasteiger partial charge on any atom is -0.446 e. The number of nitrogens with one attached hydrogen (secondary N) is 7. The molecular weight excluding hydrogens is 736 g/mol. The van der Waals surface area contributed by atoms with Gasteiger partial charge in [0, 0.05) is 71.9 Å². The van der Waals surface area contributed by atoms with Gasteiger partial charge in [-0.05, 0) is 96.6 Å². The molecule has 0 aliphatic heterocycles. The first kappa shape index (κ1) is 38.8. The van der Waals surface area contributed by atoms with E-state index in [1.54, 1.807) is 25.2 Å². The van der Waals surface area contributed by atoms with Gasteiger partial charge in [0.05, 0.1) is 11.0 Å². The number of aromatic amines is 3. The van der Waals surface area contributed by atoms with Crippen LogP contribution in [0.1, 0.15) is 89.4 Å². The number of fused-ring (bicyclic) bond motifs is 2. The van der Waals surface area contributed by atoms with Crippen LogP contribution in [-0.2, 0) is 16.5 Å². The van der Waals surface area contributed by atoms with E-state index in [1.165, 1.54) is 4.57 Å². The number of hydrogen-bond donors (Lipinski definition) is 7. The van der Waals surface area contributed by atoms with Gasteiger partial charge >= 0.3 is 23.7 Å². The van der Waals surface area contributed by atoms with E-state index in [4.69, 9.17) is 18.3 Å². The monoisotopic (exact) mass is 784 g/mol. The zero-order valence-corrected chi connectivity index (χ0v) is 32.4. The molecule has 7 N–H and O–H groups in total. The Hall–Kier alpha value is -6.46. The Balaban J connectivity index is 0.000000174. The molecule has 2 aliphatic rings. The number of nitrogens with zero attached hydrogens (tertiary/aromatic N) is 3. The van der Waals surface area contributed by atoms with E-state index in [-0.39, 0.29) is 54.1 Å². The van der Waals surface area contributed by atoms with Gasteiger partial charge in [0.15, 0.2) is 22.8 Å². The van der Waals surface area contributed by atoms with Gasteiger partial charge in [-0.1, -0.05) is 0 Å². The first-order valence-corrected chi connectivity index (χ1v) is 19.2. The molecule has 4 aromatic heterocycles. The molecule has 18 heteroatoms. The van der Waals surface area contributed by atoms with Crippen LogP contribution >= 0.6 is 0 Å². The number of anilines is 4. The zero-order chi connectivity index (χ0) is 40.2. The third kappa shape index (κ3) is 9.68. The highest BCUT2D eigenvalue weighted by atomic mass is 16.6. The van der Waals surface area contributed by atoms with Gasteiger partial charge in [-0.15, -0.1) is 0 Å².